The second-order valence-electron chi connectivity index (χ2n) is 3.84. The smallest absolute Gasteiger partial charge is 0.109 e. The van der Waals surface area contributed by atoms with Gasteiger partial charge in [0.1, 0.15) is 6.17 Å². The predicted octanol–water partition coefficient (Wildman–Crippen LogP) is 2.29. The van der Waals surface area contributed by atoms with Crippen molar-refractivity contribution >= 4 is 0 Å². The van der Waals surface area contributed by atoms with Crippen molar-refractivity contribution in [2.75, 3.05) is 0 Å². The third-order valence-electron chi connectivity index (χ3n) is 2.77. The van der Waals surface area contributed by atoms with Gasteiger partial charge in [-0.3, -0.25) is 0 Å². The summed E-state index contributed by atoms with van der Waals surface area (Å²) in [6.07, 6.45) is 2.21. The van der Waals surface area contributed by atoms with Crippen LogP contribution in [0.4, 0.5) is 4.39 Å². The average Bonchev–Trinajstić information content (AvgIpc) is 2.56. The van der Waals surface area contributed by atoms with Crippen LogP contribution < -0.4 is 0 Å². The van der Waals surface area contributed by atoms with Crippen molar-refractivity contribution in [1.82, 2.24) is 0 Å². The molecule has 0 bridgehead atoms. The van der Waals surface area contributed by atoms with E-state index in [0.717, 1.165) is 19.3 Å². The van der Waals surface area contributed by atoms with E-state index in [1.165, 1.54) is 0 Å². The van der Waals surface area contributed by atoms with Crippen LogP contribution in [-0.2, 0) is 0 Å². The molecule has 66 valence electrons. The Bertz CT molecular complexity index is 138. The monoisotopic (exact) mass is 160 g/mol. The van der Waals surface area contributed by atoms with E-state index >= 15 is 0 Å². The number of rotatable bonds is 4. The molecule has 1 aliphatic carbocycles. The molecule has 11 heavy (non-hydrogen) atoms. The minimum absolute atomic E-state index is 0.394. The highest BCUT2D eigenvalue weighted by molar-refractivity contribution is 5.04. The molecule has 1 nitrogen and oxygen atoms in total. The summed E-state index contributed by atoms with van der Waals surface area (Å²) in [5.41, 5.74) is -0.394. The molecule has 1 aliphatic rings. The maximum atomic E-state index is 12.7. The van der Waals surface area contributed by atoms with Gasteiger partial charge in [-0.05, 0) is 12.8 Å². The lowest BCUT2D eigenvalue weighted by Crippen LogP contribution is -2.21. The van der Waals surface area contributed by atoms with Gasteiger partial charge < -0.3 is 5.11 Å². The molecule has 1 saturated carbocycles. The molecular formula is C9H17FO. The molecular weight excluding hydrogens is 143 g/mol. The fraction of sp³-hybridized carbons (Fsp3) is 1.00. The third kappa shape index (κ3) is 1.73. The average molecular weight is 160 g/mol. The van der Waals surface area contributed by atoms with E-state index in [2.05, 4.69) is 6.92 Å². The fourth-order valence-corrected chi connectivity index (χ4v) is 1.40. The highest BCUT2D eigenvalue weighted by Crippen LogP contribution is 2.52. The van der Waals surface area contributed by atoms with Crippen molar-refractivity contribution in [3.05, 3.63) is 0 Å². The molecule has 0 saturated heterocycles. The topological polar surface area (TPSA) is 20.2 Å². The van der Waals surface area contributed by atoms with Crippen molar-refractivity contribution in [2.24, 2.45) is 5.41 Å². The molecule has 0 aromatic heterocycles. The first-order valence-electron chi connectivity index (χ1n) is 4.43. The SMILES string of the molecule is CCCCC(O)C1(C)CC1F. The lowest BCUT2D eigenvalue weighted by atomic mass is 9.97. The van der Waals surface area contributed by atoms with Crippen molar-refractivity contribution < 1.29 is 9.50 Å². The molecule has 1 fully saturated rings. The van der Waals surface area contributed by atoms with Crippen LogP contribution in [0.5, 0.6) is 0 Å². The quantitative estimate of drug-likeness (QED) is 0.669. The summed E-state index contributed by atoms with van der Waals surface area (Å²) in [5, 5.41) is 9.51. The maximum Gasteiger partial charge on any atom is 0.109 e. The van der Waals surface area contributed by atoms with Crippen molar-refractivity contribution in [2.45, 2.75) is 51.8 Å². The second kappa shape index (κ2) is 3.10. The van der Waals surface area contributed by atoms with Gasteiger partial charge >= 0.3 is 0 Å². The lowest BCUT2D eigenvalue weighted by Gasteiger charge is -2.16. The standard InChI is InChI=1S/C9H17FO/c1-3-4-5-8(11)9(2)6-7(9)10/h7-8,11H,3-6H2,1-2H3. The van der Waals surface area contributed by atoms with Crippen LogP contribution in [0.2, 0.25) is 0 Å². The van der Waals surface area contributed by atoms with Gasteiger partial charge in [-0.25, -0.2) is 4.39 Å². The Morgan fingerprint density at radius 2 is 2.27 bits per heavy atom. The second-order valence-corrected chi connectivity index (χ2v) is 3.84. The zero-order chi connectivity index (χ0) is 8.48. The van der Waals surface area contributed by atoms with Crippen molar-refractivity contribution in [3.8, 4) is 0 Å². The largest absolute Gasteiger partial charge is 0.392 e. The van der Waals surface area contributed by atoms with Crippen LogP contribution in [0, 0.1) is 5.41 Å². The van der Waals surface area contributed by atoms with Gasteiger partial charge in [-0.1, -0.05) is 26.7 Å². The first-order chi connectivity index (χ1) is 5.11. The molecule has 0 heterocycles. The fourth-order valence-electron chi connectivity index (χ4n) is 1.40. The predicted molar refractivity (Wildman–Crippen MR) is 43.2 cm³/mol. The molecule has 0 amide bonds. The van der Waals surface area contributed by atoms with Crippen molar-refractivity contribution in [1.29, 1.82) is 0 Å². The highest BCUT2D eigenvalue weighted by Gasteiger charge is 2.55. The van der Waals surface area contributed by atoms with E-state index in [1.807, 2.05) is 6.92 Å². The number of halogens is 1. The zero-order valence-electron chi connectivity index (χ0n) is 7.31. The van der Waals surface area contributed by atoms with Gasteiger partial charge in [0.15, 0.2) is 0 Å². The number of hydrogen-bond acceptors (Lipinski definition) is 1. The molecule has 0 aromatic rings. The molecule has 3 atom stereocenters. The zero-order valence-corrected chi connectivity index (χ0v) is 7.31. The number of unbranched alkanes of at least 4 members (excludes halogenated alkanes) is 1. The Labute approximate surface area is 67.6 Å². The normalized spacial score (nSPS) is 38.7. The Hall–Kier alpha value is -0.110. The van der Waals surface area contributed by atoms with Crippen LogP contribution in [-0.4, -0.2) is 17.4 Å². The van der Waals surface area contributed by atoms with Crippen LogP contribution in [0.25, 0.3) is 0 Å². The summed E-state index contributed by atoms with van der Waals surface area (Å²) in [7, 11) is 0. The molecule has 0 aliphatic heterocycles. The lowest BCUT2D eigenvalue weighted by molar-refractivity contribution is 0.0772. The summed E-state index contributed by atoms with van der Waals surface area (Å²) >= 11 is 0. The van der Waals surface area contributed by atoms with E-state index in [4.69, 9.17) is 0 Å². The van der Waals surface area contributed by atoms with Crippen LogP contribution in [0.1, 0.15) is 39.5 Å². The third-order valence-corrected chi connectivity index (χ3v) is 2.77. The summed E-state index contributed by atoms with van der Waals surface area (Å²) in [6, 6.07) is 0. The minimum atomic E-state index is -0.755. The van der Waals surface area contributed by atoms with E-state index in [0.29, 0.717) is 6.42 Å². The van der Waals surface area contributed by atoms with Crippen LogP contribution in [0.15, 0.2) is 0 Å². The van der Waals surface area contributed by atoms with E-state index < -0.39 is 17.7 Å². The van der Waals surface area contributed by atoms with Gasteiger partial charge in [-0.2, -0.15) is 0 Å². The summed E-state index contributed by atoms with van der Waals surface area (Å²) in [5.74, 6) is 0. The van der Waals surface area contributed by atoms with E-state index in [-0.39, 0.29) is 0 Å². The number of alkyl halides is 1. The Balaban J connectivity index is 2.25. The van der Waals surface area contributed by atoms with Gasteiger partial charge in [0.25, 0.3) is 0 Å². The summed E-state index contributed by atoms with van der Waals surface area (Å²) in [6.45, 7) is 3.91. The minimum Gasteiger partial charge on any atom is -0.392 e. The van der Waals surface area contributed by atoms with Crippen LogP contribution >= 0.6 is 0 Å². The van der Waals surface area contributed by atoms with Crippen LogP contribution in [0.3, 0.4) is 0 Å². The highest BCUT2D eigenvalue weighted by atomic mass is 19.1. The summed E-state index contributed by atoms with van der Waals surface area (Å²) < 4.78 is 12.7. The molecule has 0 radical (unpaired) electrons. The Morgan fingerprint density at radius 3 is 2.64 bits per heavy atom. The number of aliphatic hydroxyl groups is 1. The Kier molecular flexibility index (Phi) is 2.53. The Morgan fingerprint density at radius 1 is 1.73 bits per heavy atom. The molecule has 3 unspecified atom stereocenters. The number of aliphatic hydroxyl groups excluding tert-OH is 1. The van der Waals surface area contributed by atoms with Gasteiger partial charge in [-0.15, -0.1) is 0 Å². The molecule has 1 rings (SSSR count). The summed E-state index contributed by atoms with van der Waals surface area (Å²) in [4.78, 5) is 0. The van der Waals surface area contributed by atoms with Gasteiger partial charge in [0.2, 0.25) is 0 Å². The molecule has 1 N–H and O–H groups in total. The van der Waals surface area contributed by atoms with E-state index in [9.17, 15) is 9.50 Å². The number of hydrogen-bond donors (Lipinski definition) is 1. The molecule has 2 heteroatoms. The first-order valence-corrected chi connectivity index (χ1v) is 4.43. The van der Waals surface area contributed by atoms with Gasteiger partial charge in [0, 0.05) is 5.41 Å². The first kappa shape index (κ1) is 8.98. The molecule has 0 spiro atoms. The van der Waals surface area contributed by atoms with Gasteiger partial charge in [0.05, 0.1) is 6.10 Å². The molecule has 0 aromatic carbocycles. The van der Waals surface area contributed by atoms with Crippen molar-refractivity contribution in [3.63, 3.8) is 0 Å². The van der Waals surface area contributed by atoms with E-state index in [1.54, 1.807) is 0 Å². The maximum absolute atomic E-state index is 12.7.